The number of fused-ring (bicyclic) bond motifs is 1. The minimum absolute atomic E-state index is 0.289. The molecule has 1 amide bonds. The number of carbonyl (C=O) groups is 1. The summed E-state index contributed by atoms with van der Waals surface area (Å²) in [6, 6.07) is 8.69. The minimum atomic E-state index is -0.289. The lowest BCUT2D eigenvalue weighted by Gasteiger charge is -2.02. The molecule has 94 valence electrons. The van der Waals surface area contributed by atoms with Gasteiger partial charge in [-0.15, -0.1) is 0 Å². The molecule has 3 aromatic rings. The Bertz CT molecular complexity index is 735. The second-order valence-electron chi connectivity index (χ2n) is 4.07. The molecule has 0 radical (unpaired) electrons. The molecule has 0 aliphatic rings. The van der Waals surface area contributed by atoms with E-state index in [9.17, 15) is 4.79 Å². The van der Waals surface area contributed by atoms with E-state index >= 15 is 0 Å². The van der Waals surface area contributed by atoms with Crippen LogP contribution in [-0.4, -0.2) is 21.1 Å². The summed E-state index contributed by atoms with van der Waals surface area (Å²) in [5.41, 5.74) is 8.07. The summed E-state index contributed by atoms with van der Waals surface area (Å²) < 4.78 is 0. The van der Waals surface area contributed by atoms with Crippen molar-refractivity contribution in [2.75, 3.05) is 11.1 Å². The van der Waals surface area contributed by atoms with Gasteiger partial charge in [-0.3, -0.25) is 14.9 Å². The van der Waals surface area contributed by atoms with E-state index in [0.717, 1.165) is 5.52 Å². The standard InChI is InChI=1S/C13H11N5O/c14-8-1-2-11-10(7-8)12(18-17-11)13(19)16-9-3-5-15-6-4-9/h1-7H,14H2,(H,17,18)(H,15,16,19). The van der Waals surface area contributed by atoms with Crippen molar-refractivity contribution >= 4 is 28.2 Å². The van der Waals surface area contributed by atoms with Crippen LogP contribution in [0.1, 0.15) is 10.5 Å². The first kappa shape index (κ1) is 11.2. The summed E-state index contributed by atoms with van der Waals surface area (Å²) >= 11 is 0. The van der Waals surface area contributed by atoms with Crippen molar-refractivity contribution in [2.45, 2.75) is 0 Å². The number of benzene rings is 1. The van der Waals surface area contributed by atoms with Crippen molar-refractivity contribution in [1.29, 1.82) is 0 Å². The van der Waals surface area contributed by atoms with Crippen molar-refractivity contribution < 1.29 is 4.79 Å². The topological polar surface area (TPSA) is 96.7 Å². The van der Waals surface area contributed by atoms with Crippen LogP contribution in [0.3, 0.4) is 0 Å². The number of carbonyl (C=O) groups excluding carboxylic acids is 1. The van der Waals surface area contributed by atoms with Crippen LogP contribution in [-0.2, 0) is 0 Å². The lowest BCUT2D eigenvalue weighted by molar-refractivity contribution is 0.102. The Hall–Kier alpha value is -2.89. The normalized spacial score (nSPS) is 10.5. The summed E-state index contributed by atoms with van der Waals surface area (Å²) in [6.07, 6.45) is 3.21. The Morgan fingerprint density at radius 1 is 1.21 bits per heavy atom. The number of amides is 1. The maximum Gasteiger partial charge on any atom is 0.276 e. The van der Waals surface area contributed by atoms with Gasteiger partial charge in [0.05, 0.1) is 5.52 Å². The average molecular weight is 253 g/mol. The zero-order chi connectivity index (χ0) is 13.2. The molecule has 2 aromatic heterocycles. The molecule has 0 bridgehead atoms. The Kier molecular flexibility index (Phi) is 2.60. The van der Waals surface area contributed by atoms with Gasteiger partial charge in [-0.1, -0.05) is 0 Å². The summed E-state index contributed by atoms with van der Waals surface area (Å²) in [5, 5.41) is 10.3. The molecule has 1 aromatic carbocycles. The minimum Gasteiger partial charge on any atom is -0.399 e. The van der Waals surface area contributed by atoms with E-state index in [1.165, 1.54) is 0 Å². The third-order valence-electron chi connectivity index (χ3n) is 2.74. The van der Waals surface area contributed by atoms with Crippen LogP contribution in [0.5, 0.6) is 0 Å². The number of pyridine rings is 1. The number of nitrogens with zero attached hydrogens (tertiary/aromatic N) is 2. The van der Waals surface area contributed by atoms with Gasteiger partial charge in [0.1, 0.15) is 0 Å². The zero-order valence-corrected chi connectivity index (χ0v) is 9.92. The Morgan fingerprint density at radius 2 is 2.00 bits per heavy atom. The van der Waals surface area contributed by atoms with Crippen LogP contribution in [0.15, 0.2) is 42.7 Å². The molecule has 2 heterocycles. The summed E-state index contributed by atoms with van der Waals surface area (Å²) in [4.78, 5) is 16.0. The van der Waals surface area contributed by atoms with Gasteiger partial charge in [-0.25, -0.2) is 0 Å². The van der Waals surface area contributed by atoms with E-state index in [1.807, 2.05) is 0 Å². The second kappa shape index (κ2) is 4.41. The summed E-state index contributed by atoms with van der Waals surface area (Å²) in [6.45, 7) is 0. The maximum atomic E-state index is 12.1. The van der Waals surface area contributed by atoms with Crippen LogP contribution in [0.25, 0.3) is 10.9 Å². The Labute approximate surface area is 108 Å². The van der Waals surface area contributed by atoms with Crippen LogP contribution < -0.4 is 11.1 Å². The molecule has 0 spiro atoms. The Balaban J connectivity index is 1.96. The van der Waals surface area contributed by atoms with E-state index in [4.69, 9.17) is 5.73 Å². The molecule has 6 heteroatoms. The van der Waals surface area contributed by atoms with Crippen molar-refractivity contribution in [3.63, 3.8) is 0 Å². The molecule has 0 atom stereocenters. The number of nitrogens with one attached hydrogen (secondary N) is 2. The number of hydrogen-bond acceptors (Lipinski definition) is 4. The number of aromatic nitrogens is 3. The fraction of sp³-hybridized carbons (Fsp3) is 0. The SMILES string of the molecule is Nc1ccc2[nH]nc(C(=O)Nc3ccncc3)c2c1. The average Bonchev–Trinajstić information content (AvgIpc) is 2.82. The number of anilines is 2. The summed E-state index contributed by atoms with van der Waals surface area (Å²) in [5.74, 6) is -0.289. The smallest absolute Gasteiger partial charge is 0.276 e. The molecule has 0 aliphatic carbocycles. The van der Waals surface area contributed by atoms with Gasteiger partial charge in [-0.05, 0) is 30.3 Å². The van der Waals surface area contributed by atoms with Crippen LogP contribution in [0.4, 0.5) is 11.4 Å². The lowest BCUT2D eigenvalue weighted by Crippen LogP contribution is -2.12. The highest BCUT2D eigenvalue weighted by Gasteiger charge is 2.14. The van der Waals surface area contributed by atoms with E-state index in [1.54, 1.807) is 42.7 Å². The molecular weight excluding hydrogens is 242 g/mol. The first-order valence-corrected chi connectivity index (χ1v) is 5.69. The molecule has 19 heavy (non-hydrogen) atoms. The fourth-order valence-corrected chi connectivity index (χ4v) is 1.83. The fourth-order valence-electron chi connectivity index (χ4n) is 1.83. The number of hydrogen-bond donors (Lipinski definition) is 3. The Morgan fingerprint density at radius 3 is 2.79 bits per heavy atom. The van der Waals surface area contributed by atoms with E-state index in [0.29, 0.717) is 22.5 Å². The number of rotatable bonds is 2. The summed E-state index contributed by atoms with van der Waals surface area (Å²) in [7, 11) is 0. The first-order valence-electron chi connectivity index (χ1n) is 5.69. The molecule has 3 rings (SSSR count). The quantitative estimate of drug-likeness (QED) is 0.606. The van der Waals surface area contributed by atoms with Gasteiger partial charge >= 0.3 is 0 Å². The van der Waals surface area contributed by atoms with Crippen molar-refractivity contribution in [3.05, 3.63) is 48.4 Å². The van der Waals surface area contributed by atoms with Gasteiger partial charge in [-0.2, -0.15) is 5.10 Å². The molecule has 0 saturated carbocycles. The molecule has 0 saturated heterocycles. The van der Waals surface area contributed by atoms with Gasteiger partial charge < -0.3 is 11.1 Å². The highest BCUT2D eigenvalue weighted by atomic mass is 16.1. The molecule has 0 unspecified atom stereocenters. The van der Waals surface area contributed by atoms with Crippen LogP contribution >= 0.6 is 0 Å². The van der Waals surface area contributed by atoms with Gasteiger partial charge in [0.25, 0.3) is 5.91 Å². The molecule has 6 nitrogen and oxygen atoms in total. The van der Waals surface area contributed by atoms with Crippen LogP contribution in [0.2, 0.25) is 0 Å². The van der Waals surface area contributed by atoms with Crippen molar-refractivity contribution in [3.8, 4) is 0 Å². The molecule has 0 aliphatic heterocycles. The number of nitrogen functional groups attached to an aromatic ring is 1. The largest absolute Gasteiger partial charge is 0.399 e. The van der Waals surface area contributed by atoms with E-state index in [-0.39, 0.29) is 5.91 Å². The molecule has 4 N–H and O–H groups in total. The van der Waals surface area contributed by atoms with Gasteiger partial charge in [0.15, 0.2) is 5.69 Å². The highest BCUT2D eigenvalue weighted by molar-refractivity contribution is 6.11. The van der Waals surface area contributed by atoms with E-state index in [2.05, 4.69) is 20.5 Å². The van der Waals surface area contributed by atoms with Crippen molar-refractivity contribution in [1.82, 2.24) is 15.2 Å². The third kappa shape index (κ3) is 2.11. The number of aromatic amines is 1. The molecule has 0 fully saturated rings. The van der Waals surface area contributed by atoms with Crippen LogP contribution in [0, 0.1) is 0 Å². The number of nitrogens with two attached hydrogens (primary N) is 1. The molecular formula is C13H11N5O. The lowest BCUT2D eigenvalue weighted by atomic mass is 10.2. The first-order chi connectivity index (χ1) is 9.24. The van der Waals surface area contributed by atoms with Crippen molar-refractivity contribution in [2.24, 2.45) is 0 Å². The highest BCUT2D eigenvalue weighted by Crippen LogP contribution is 2.19. The van der Waals surface area contributed by atoms with E-state index < -0.39 is 0 Å². The zero-order valence-electron chi connectivity index (χ0n) is 9.92. The maximum absolute atomic E-state index is 12.1. The monoisotopic (exact) mass is 253 g/mol. The predicted molar refractivity (Wildman–Crippen MR) is 72.7 cm³/mol. The van der Waals surface area contributed by atoms with Gasteiger partial charge in [0.2, 0.25) is 0 Å². The predicted octanol–water partition coefficient (Wildman–Crippen LogP) is 1.79. The van der Waals surface area contributed by atoms with Gasteiger partial charge in [0, 0.05) is 29.2 Å². The third-order valence-corrected chi connectivity index (χ3v) is 2.74. The second-order valence-corrected chi connectivity index (χ2v) is 4.07. The number of H-pyrrole nitrogens is 1.